The maximum Gasteiger partial charge on any atom is 0.231 e. The summed E-state index contributed by atoms with van der Waals surface area (Å²) < 4.78 is 5.75. The van der Waals surface area contributed by atoms with Crippen molar-refractivity contribution in [3.05, 3.63) is 5.82 Å². The van der Waals surface area contributed by atoms with Crippen LogP contribution in [-0.4, -0.2) is 92.6 Å². The third kappa shape index (κ3) is 8.98. The van der Waals surface area contributed by atoms with Gasteiger partial charge in [-0.05, 0) is 114 Å². The van der Waals surface area contributed by atoms with Crippen molar-refractivity contribution in [2.24, 2.45) is 0 Å². The molecule has 3 aliphatic rings. The van der Waals surface area contributed by atoms with Gasteiger partial charge in [-0.25, -0.2) is 0 Å². The summed E-state index contributed by atoms with van der Waals surface area (Å²) in [6.45, 7) is 36.9. The summed E-state index contributed by atoms with van der Waals surface area (Å²) in [7, 11) is 0. The van der Waals surface area contributed by atoms with E-state index in [0.29, 0.717) is 19.3 Å². The summed E-state index contributed by atoms with van der Waals surface area (Å²) in [5, 5.41) is 7.91. The number of ether oxygens (including phenoxy) is 1. The number of anilines is 2. The van der Waals surface area contributed by atoms with Crippen LogP contribution in [0.5, 0.6) is 0 Å². The molecule has 0 amide bonds. The van der Waals surface area contributed by atoms with Gasteiger partial charge in [0.05, 0.1) is 19.9 Å². The van der Waals surface area contributed by atoms with Gasteiger partial charge in [-0.15, -0.1) is 0 Å². The molecule has 0 aliphatic carbocycles. The Kier molecular flexibility index (Phi) is 11.4. The summed E-state index contributed by atoms with van der Waals surface area (Å²) in [6, 6.07) is 0.694. The highest BCUT2D eigenvalue weighted by molar-refractivity contribution is 5.42. The van der Waals surface area contributed by atoms with Crippen LogP contribution in [0.15, 0.2) is 0 Å². The van der Waals surface area contributed by atoms with Crippen LogP contribution in [0, 0.1) is 0 Å². The molecule has 9 heteroatoms. The van der Waals surface area contributed by atoms with Gasteiger partial charge < -0.3 is 25.2 Å². The summed E-state index contributed by atoms with van der Waals surface area (Å²) >= 11 is 0. The lowest BCUT2D eigenvalue weighted by molar-refractivity contribution is -0.0108. The fourth-order valence-corrected chi connectivity index (χ4v) is 9.09. The van der Waals surface area contributed by atoms with E-state index in [4.69, 9.17) is 19.7 Å². The topological polar surface area (TPSA) is 81.7 Å². The molecule has 0 bridgehead atoms. The molecule has 0 atom stereocenters. The van der Waals surface area contributed by atoms with Crippen molar-refractivity contribution >= 4 is 11.9 Å². The standard InChI is InChI=1S/C38H72N8O/c1-15-37(13,16-2)30-39-31(44-19-21-47-22-20-44)41-32(40-30)45(28-23-33(5,6)42-34(7,8)24-28)27-46(38(14,17-3)18-4)29-25-35(9,10)43-36(11,12)26-29/h28-29,42-43H,15-27H2,1-14H3. The molecule has 47 heavy (non-hydrogen) atoms. The average Bonchev–Trinajstić information content (AvgIpc) is 2.97. The number of morpholine rings is 1. The van der Waals surface area contributed by atoms with Crippen LogP contribution < -0.4 is 20.4 Å². The van der Waals surface area contributed by atoms with E-state index >= 15 is 0 Å². The van der Waals surface area contributed by atoms with E-state index < -0.39 is 0 Å². The molecule has 0 spiro atoms. The molecule has 3 aliphatic heterocycles. The Balaban J connectivity index is 1.93. The molecular formula is C38H72N8O. The Bertz CT molecular complexity index is 1150. The second kappa shape index (κ2) is 14.0. The first-order chi connectivity index (χ1) is 21.7. The number of nitrogens with zero attached hydrogens (tertiary/aromatic N) is 6. The lowest BCUT2D eigenvalue weighted by Gasteiger charge is -2.56. The van der Waals surface area contributed by atoms with Gasteiger partial charge in [-0.3, -0.25) is 4.90 Å². The lowest BCUT2D eigenvalue weighted by Crippen LogP contribution is -2.68. The number of piperidine rings is 2. The van der Waals surface area contributed by atoms with Crippen molar-refractivity contribution in [2.75, 3.05) is 42.8 Å². The monoisotopic (exact) mass is 657 g/mol. The minimum Gasteiger partial charge on any atom is -0.378 e. The van der Waals surface area contributed by atoms with Crippen molar-refractivity contribution in [3.8, 4) is 0 Å². The van der Waals surface area contributed by atoms with Crippen LogP contribution in [0.1, 0.15) is 154 Å². The molecule has 0 aromatic carbocycles. The lowest BCUT2D eigenvalue weighted by atomic mass is 9.77. The molecule has 0 saturated carbocycles. The van der Waals surface area contributed by atoms with Crippen LogP contribution in [0.2, 0.25) is 0 Å². The van der Waals surface area contributed by atoms with E-state index in [1.165, 1.54) is 0 Å². The number of rotatable bonds is 12. The summed E-state index contributed by atoms with van der Waals surface area (Å²) in [5.41, 5.74) is -0.0283. The largest absolute Gasteiger partial charge is 0.378 e. The van der Waals surface area contributed by atoms with E-state index in [2.05, 4.69) is 122 Å². The third-order valence-corrected chi connectivity index (χ3v) is 12.0. The quantitative estimate of drug-likeness (QED) is 0.230. The molecule has 3 saturated heterocycles. The van der Waals surface area contributed by atoms with Crippen molar-refractivity contribution in [1.29, 1.82) is 0 Å². The highest BCUT2D eigenvalue weighted by atomic mass is 16.5. The van der Waals surface area contributed by atoms with Crippen LogP contribution in [-0.2, 0) is 10.2 Å². The maximum atomic E-state index is 5.75. The van der Waals surface area contributed by atoms with Gasteiger partial charge in [0.2, 0.25) is 11.9 Å². The Morgan fingerprint density at radius 2 is 1.17 bits per heavy atom. The molecule has 270 valence electrons. The molecule has 9 nitrogen and oxygen atoms in total. The molecule has 1 aromatic rings. The van der Waals surface area contributed by atoms with E-state index in [1.54, 1.807) is 0 Å². The zero-order valence-corrected chi connectivity index (χ0v) is 32.9. The fraction of sp³-hybridized carbons (Fsp3) is 0.921. The normalized spacial score (nSPS) is 23.7. The molecule has 3 fully saturated rings. The summed E-state index contributed by atoms with van der Waals surface area (Å²) in [4.78, 5) is 23.9. The van der Waals surface area contributed by atoms with Crippen molar-refractivity contribution in [3.63, 3.8) is 0 Å². The van der Waals surface area contributed by atoms with Crippen molar-refractivity contribution in [2.45, 2.75) is 193 Å². The zero-order chi connectivity index (χ0) is 35.1. The van der Waals surface area contributed by atoms with Gasteiger partial charge in [0.15, 0.2) is 0 Å². The van der Waals surface area contributed by atoms with Gasteiger partial charge in [-0.1, -0.05) is 34.6 Å². The summed E-state index contributed by atoms with van der Waals surface area (Å²) in [5.74, 6) is 2.58. The fourth-order valence-electron chi connectivity index (χ4n) is 9.09. The number of hydrogen-bond acceptors (Lipinski definition) is 9. The van der Waals surface area contributed by atoms with Gasteiger partial charge in [0.1, 0.15) is 5.82 Å². The third-order valence-electron chi connectivity index (χ3n) is 12.0. The first-order valence-corrected chi connectivity index (χ1v) is 18.9. The summed E-state index contributed by atoms with van der Waals surface area (Å²) in [6.07, 6.45) is 8.41. The van der Waals surface area contributed by atoms with E-state index in [9.17, 15) is 0 Å². The smallest absolute Gasteiger partial charge is 0.231 e. The zero-order valence-electron chi connectivity index (χ0n) is 32.9. The van der Waals surface area contributed by atoms with Gasteiger partial charge in [0, 0.05) is 58.3 Å². The predicted octanol–water partition coefficient (Wildman–Crippen LogP) is 7.05. The molecular weight excluding hydrogens is 584 g/mol. The van der Waals surface area contributed by atoms with Gasteiger partial charge in [-0.2, -0.15) is 15.0 Å². The molecule has 0 radical (unpaired) electrons. The van der Waals surface area contributed by atoms with Gasteiger partial charge in [0.25, 0.3) is 0 Å². The first-order valence-electron chi connectivity index (χ1n) is 18.9. The Labute approximate surface area is 288 Å². The Morgan fingerprint density at radius 3 is 1.62 bits per heavy atom. The minimum atomic E-state index is -0.124. The molecule has 0 unspecified atom stereocenters. The highest BCUT2D eigenvalue weighted by Crippen LogP contribution is 2.40. The SMILES string of the molecule is CCC(C)(CC)c1nc(N2CCOCC2)nc(N(CN(C2CC(C)(C)NC(C)(C)C2)C(C)(CC)CC)C2CC(C)(C)NC(C)(C)C2)n1. The van der Waals surface area contributed by atoms with E-state index in [0.717, 1.165) is 88.8 Å². The van der Waals surface area contributed by atoms with Gasteiger partial charge >= 0.3 is 0 Å². The Morgan fingerprint density at radius 1 is 0.702 bits per heavy atom. The Hall–Kier alpha value is -1.55. The van der Waals surface area contributed by atoms with E-state index in [-0.39, 0.29) is 39.2 Å². The second-order valence-electron chi connectivity index (χ2n) is 18.3. The number of aromatic nitrogens is 3. The maximum absolute atomic E-state index is 5.75. The van der Waals surface area contributed by atoms with Crippen LogP contribution in [0.25, 0.3) is 0 Å². The van der Waals surface area contributed by atoms with Crippen LogP contribution >= 0.6 is 0 Å². The number of hydrogen-bond donors (Lipinski definition) is 2. The average molecular weight is 657 g/mol. The van der Waals surface area contributed by atoms with E-state index in [1.807, 2.05) is 0 Å². The number of nitrogens with one attached hydrogen (secondary N) is 2. The minimum absolute atomic E-state index is 0.0166. The predicted molar refractivity (Wildman–Crippen MR) is 198 cm³/mol. The highest BCUT2D eigenvalue weighted by Gasteiger charge is 2.47. The molecule has 4 rings (SSSR count). The van der Waals surface area contributed by atoms with Crippen LogP contribution in [0.3, 0.4) is 0 Å². The molecule has 1 aromatic heterocycles. The second-order valence-corrected chi connectivity index (χ2v) is 18.3. The van der Waals surface area contributed by atoms with Crippen molar-refractivity contribution in [1.82, 2.24) is 30.5 Å². The van der Waals surface area contributed by atoms with Crippen LogP contribution in [0.4, 0.5) is 11.9 Å². The molecule has 4 heterocycles. The molecule has 2 N–H and O–H groups in total. The first kappa shape index (κ1) is 38.3. The van der Waals surface area contributed by atoms with Crippen molar-refractivity contribution < 1.29 is 4.74 Å².